The normalized spacial score (nSPS) is 23.3. The first-order chi connectivity index (χ1) is 39.7. The maximum atomic E-state index is 2.81. The number of hydrogen-bond donors (Lipinski definition) is 0. The highest BCUT2D eigenvalue weighted by molar-refractivity contribution is 7.27. The van der Waals surface area contributed by atoms with E-state index in [0.717, 1.165) is 12.8 Å². The van der Waals surface area contributed by atoms with Crippen LogP contribution >= 0.6 is 22.7 Å². The van der Waals surface area contributed by atoms with Gasteiger partial charge in [0.1, 0.15) is 0 Å². The van der Waals surface area contributed by atoms with Crippen molar-refractivity contribution in [3.8, 4) is 0 Å². The molecule has 9 aromatic carbocycles. The lowest BCUT2D eigenvalue weighted by Crippen LogP contribution is -2.61. The van der Waals surface area contributed by atoms with Gasteiger partial charge in [-0.2, -0.15) is 0 Å². The summed E-state index contributed by atoms with van der Waals surface area (Å²) < 4.78 is 5.29. The van der Waals surface area contributed by atoms with Gasteiger partial charge in [0.15, 0.2) is 0 Å². The first kappa shape index (κ1) is 49.3. The Kier molecular flexibility index (Phi) is 10.2. The van der Waals surface area contributed by atoms with Crippen LogP contribution in [0.5, 0.6) is 0 Å². The van der Waals surface area contributed by atoms with Crippen molar-refractivity contribution in [3.63, 3.8) is 0 Å². The Balaban J connectivity index is 0.955. The fourth-order valence-corrected chi connectivity index (χ4v) is 19.8. The molecule has 2 saturated carbocycles. The molecule has 0 amide bonds. The average molecular weight is 1100 g/mol. The summed E-state index contributed by atoms with van der Waals surface area (Å²) in [6.45, 7) is 19.7. The molecule has 0 N–H and O–H groups in total. The highest BCUT2D eigenvalue weighted by Gasteiger charge is 2.60. The molecule has 17 rings (SSSR count). The molecule has 4 aliphatic heterocycles. The van der Waals surface area contributed by atoms with Crippen molar-refractivity contribution in [3.05, 3.63) is 198 Å². The summed E-state index contributed by atoms with van der Waals surface area (Å²) in [5.41, 5.74) is 22.5. The van der Waals surface area contributed by atoms with Gasteiger partial charge in [-0.25, -0.2) is 0 Å². The van der Waals surface area contributed by atoms with Crippen molar-refractivity contribution >= 4 is 143 Å². The summed E-state index contributed by atoms with van der Waals surface area (Å²) >= 11 is 3.87. The molecule has 82 heavy (non-hydrogen) atoms. The van der Waals surface area contributed by atoms with Crippen LogP contribution in [0, 0.1) is 6.92 Å². The fourth-order valence-electron chi connectivity index (χ4n) is 17.4. The number of thiophene rings is 2. The molecule has 11 aromatic rings. The third kappa shape index (κ3) is 6.34. The average Bonchev–Trinajstić information content (AvgIpc) is 2.18. The molecule has 0 saturated heterocycles. The van der Waals surface area contributed by atoms with Crippen LogP contribution in [0.1, 0.15) is 122 Å². The summed E-state index contributed by atoms with van der Waals surface area (Å²) in [7, 11) is 0. The summed E-state index contributed by atoms with van der Waals surface area (Å²) in [5, 5.41) is 5.27. The summed E-state index contributed by atoms with van der Waals surface area (Å²) in [5.74, 6) is 0. The SMILES string of the molecule is Cc1cc2c3c(c1)N(c1cccc4c1sc1ccccc14)c1cc(N4c5ccc(C(C)(C)C)cc5C5(C)CCCCC45C)ccc1B3c1ccc(N3c4ccccc4C4(C)CCCCC34C)cc1N2c1cccc2c1sc1ccccc12. The second kappa shape index (κ2) is 16.9. The lowest BCUT2D eigenvalue weighted by atomic mass is 9.33. The predicted octanol–water partition coefficient (Wildman–Crippen LogP) is 19.6. The van der Waals surface area contributed by atoms with E-state index in [1.165, 1.54) is 174 Å². The maximum Gasteiger partial charge on any atom is 0.252 e. The minimum atomic E-state index is -0.105. The number of benzene rings is 9. The summed E-state index contributed by atoms with van der Waals surface area (Å²) in [4.78, 5) is 11.0. The Morgan fingerprint density at radius 2 is 0.878 bits per heavy atom. The Hall–Kier alpha value is -7.32. The van der Waals surface area contributed by atoms with Gasteiger partial charge in [0.25, 0.3) is 6.71 Å². The van der Waals surface area contributed by atoms with Gasteiger partial charge in [0.2, 0.25) is 0 Å². The van der Waals surface area contributed by atoms with Gasteiger partial charge in [-0.1, -0.05) is 163 Å². The van der Waals surface area contributed by atoms with Crippen molar-refractivity contribution in [1.29, 1.82) is 0 Å². The number of anilines is 10. The van der Waals surface area contributed by atoms with Crippen LogP contribution in [0.15, 0.2) is 176 Å². The largest absolute Gasteiger partial charge is 0.334 e. The van der Waals surface area contributed by atoms with E-state index in [-0.39, 0.29) is 34.0 Å². The predicted molar refractivity (Wildman–Crippen MR) is 355 cm³/mol. The van der Waals surface area contributed by atoms with Crippen molar-refractivity contribution in [2.75, 3.05) is 19.6 Å². The Morgan fingerprint density at radius 3 is 1.43 bits per heavy atom. The molecule has 0 spiro atoms. The fraction of sp³-hybridized carbons (Fsp3) is 0.280. The molecule has 2 fully saturated rings. The Labute approximate surface area is 491 Å². The number of aryl methyl sites for hydroxylation is 1. The van der Waals surface area contributed by atoms with E-state index in [4.69, 9.17) is 0 Å². The highest BCUT2D eigenvalue weighted by atomic mass is 32.1. The molecule has 6 aliphatic rings. The second-order valence-corrected chi connectivity index (χ2v) is 29.2. The van der Waals surface area contributed by atoms with E-state index < -0.39 is 0 Å². The van der Waals surface area contributed by atoms with Crippen LogP contribution in [0.4, 0.5) is 56.9 Å². The van der Waals surface area contributed by atoms with Gasteiger partial charge in [0.05, 0.1) is 31.9 Å². The molecule has 404 valence electrons. The number of para-hydroxylation sites is 1. The molecule has 4 atom stereocenters. The molecule has 0 bridgehead atoms. The molecule has 4 unspecified atom stereocenters. The third-order valence-electron chi connectivity index (χ3n) is 21.9. The first-order valence-corrected chi connectivity index (χ1v) is 32.0. The van der Waals surface area contributed by atoms with Crippen molar-refractivity contribution in [2.45, 2.75) is 134 Å². The number of fused-ring (bicyclic) bond motifs is 16. The van der Waals surface area contributed by atoms with Crippen LogP contribution in [0.25, 0.3) is 40.3 Å². The van der Waals surface area contributed by atoms with Gasteiger partial charge in [-0.3, -0.25) is 0 Å². The molecule has 7 heteroatoms. The molecule has 4 nitrogen and oxygen atoms in total. The van der Waals surface area contributed by atoms with Gasteiger partial charge >= 0.3 is 0 Å². The molecule has 2 aliphatic carbocycles. The van der Waals surface area contributed by atoms with Gasteiger partial charge in [-0.15, -0.1) is 22.7 Å². The lowest BCUT2D eigenvalue weighted by Gasteiger charge is -2.51. The van der Waals surface area contributed by atoms with Crippen LogP contribution in [0.2, 0.25) is 0 Å². The maximum absolute atomic E-state index is 2.81. The van der Waals surface area contributed by atoms with Crippen LogP contribution in [0.3, 0.4) is 0 Å². The lowest BCUT2D eigenvalue weighted by molar-refractivity contribution is 0.195. The minimum absolute atomic E-state index is 0.00144. The van der Waals surface area contributed by atoms with Gasteiger partial charge < -0.3 is 19.6 Å². The van der Waals surface area contributed by atoms with Crippen LogP contribution in [-0.4, -0.2) is 17.8 Å². The van der Waals surface area contributed by atoms with Gasteiger partial charge in [-0.05, 0) is 163 Å². The molecular weight excluding hydrogens is 1030 g/mol. The van der Waals surface area contributed by atoms with E-state index in [9.17, 15) is 0 Å². The van der Waals surface area contributed by atoms with E-state index in [1.54, 1.807) is 0 Å². The number of hydrogen-bond acceptors (Lipinski definition) is 6. The number of rotatable bonds is 4. The molecule has 6 heterocycles. The summed E-state index contributed by atoms with van der Waals surface area (Å²) in [6, 6.07) is 69.5. The number of nitrogens with zero attached hydrogens (tertiary/aromatic N) is 4. The smallest absolute Gasteiger partial charge is 0.252 e. The summed E-state index contributed by atoms with van der Waals surface area (Å²) in [6.07, 6.45) is 9.69. The topological polar surface area (TPSA) is 13.0 Å². The van der Waals surface area contributed by atoms with Crippen molar-refractivity contribution < 1.29 is 0 Å². The monoisotopic (exact) mass is 1100 g/mol. The van der Waals surface area contributed by atoms with E-state index in [0.29, 0.717) is 0 Å². The zero-order valence-electron chi connectivity index (χ0n) is 48.6. The van der Waals surface area contributed by atoms with E-state index in [1.807, 2.05) is 22.7 Å². The Morgan fingerprint density at radius 1 is 0.415 bits per heavy atom. The second-order valence-electron chi connectivity index (χ2n) is 27.1. The third-order valence-corrected chi connectivity index (χ3v) is 24.3. The van der Waals surface area contributed by atoms with Crippen LogP contribution in [-0.2, 0) is 16.2 Å². The zero-order chi connectivity index (χ0) is 55.4. The molecule has 2 aromatic heterocycles. The van der Waals surface area contributed by atoms with Gasteiger partial charge in [0, 0.05) is 87.3 Å². The van der Waals surface area contributed by atoms with E-state index >= 15 is 0 Å². The zero-order valence-corrected chi connectivity index (χ0v) is 50.2. The van der Waals surface area contributed by atoms with Crippen molar-refractivity contribution in [1.82, 2.24) is 0 Å². The quantitative estimate of drug-likeness (QED) is 0.163. The molecule has 0 radical (unpaired) electrons. The van der Waals surface area contributed by atoms with Crippen LogP contribution < -0.4 is 36.0 Å². The molecular formula is C75H69BN4S2. The van der Waals surface area contributed by atoms with Crippen molar-refractivity contribution in [2.24, 2.45) is 0 Å². The Bertz CT molecular complexity index is 4560. The highest BCUT2D eigenvalue weighted by Crippen LogP contribution is 2.64. The van der Waals surface area contributed by atoms with E-state index in [2.05, 4.69) is 251 Å². The standard InChI is InChI=1S/C75H69BN4S2/c1-46-41-64-68-65(42-46)78(61-28-20-24-53-51-22-10-14-30-67(51)82-70(53)61)63-45-49(80-59-36-31-47(71(2,3)4)43-55(59)73(6)38-16-18-40-75(73,80)8)33-35-57(63)76(68)56-34-32-48(79-58-26-12-11-25-54(58)72(5)37-15-17-39-74(72,79)7)44-62(56)77(64)60-27-19-23-52-50-21-9-13-29-66(50)81-69(52)60/h9-14,19-36,41-45H,15-18,37-40H2,1-8H3. The first-order valence-electron chi connectivity index (χ1n) is 30.4. The minimum Gasteiger partial charge on any atom is -0.334 e.